The normalized spacial score (nSPS) is 21.5. The van der Waals surface area contributed by atoms with Gasteiger partial charge in [-0.15, -0.1) is 0 Å². The Morgan fingerprint density at radius 2 is 1.54 bits per heavy atom. The quantitative estimate of drug-likeness (QED) is 0.457. The Morgan fingerprint density at radius 3 is 2.11 bits per heavy atom. The van der Waals surface area contributed by atoms with Gasteiger partial charge in [-0.05, 0) is 60.7 Å². The van der Waals surface area contributed by atoms with Gasteiger partial charge in [0.1, 0.15) is 23.7 Å². The molecule has 35 heavy (non-hydrogen) atoms. The number of alkyl halides is 3. The van der Waals surface area contributed by atoms with Crippen molar-refractivity contribution in [1.82, 2.24) is 3.89 Å². The van der Waals surface area contributed by atoms with E-state index in [1.165, 1.54) is 62.0 Å². The molecule has 2 aromatic carbocycles. The molecular weight excluding hydrogens is 477 g/mol. The van der Waals surface area contributed by atoms with Gasteiger partial charge < -0.3 is 10.5 Å². The van der Waals surface area contributed by atoms with Crippen molar-refractivity contribution in [2.75, 3.05) is 18.8 Å². The molecule has 0 bridgehead atoms. The largest absolute Gasteiger partial charge is 0.457 e. The predicted octanol–water partition coefficient (Wildman–Crippen LogP) is 6.14. The molecule has 9 heteroatoms. The molecule has 1 unspecified atom stereocenters. The van der Waals surface area contributed by atoms with Crippen LogP contribution in [0.5, 0.6) is 11.5 Å². The molecule has 2 aliphatic rings. The number of sulfonamides is 1. The summed E-state index contributed by atoms with van der Waals surface area (Å²) in [5.74, 6) is -0.277. The number of hydrogen-bond donors (Lipinski definition) is 1. The summed E-state index contributed by atoms with van der Waals surface area (Å²) in [5, 5.41) is 0. The van der Waals surface area contributed by atoms with Gasteiger partial charge in [-0.1, -0.05) is 37.5 Å². The lowest BCUT2D eigenvalue weighted by Crippen LogP contribution is -2.58. The fraction of sp³-hybridized carbons (Fsp3) is 0.385. The molecule has 4 rings (SSSR count). The summed E-state index contributed by atoms with van der Waals surface area (Å²) in [4.78, 5) is 0. The lowest BCUT2D eigenvalue weighted by atomic mass is 9.84. The van der Waals surface area contributed by atoms with E-state index < -0.39 is 25.8 Å². The minimum atomic E-state index is -4.88. The average Bonchev–Trinajstić information content (AvgIpc) is 2.84. The van der Waals surface area contributed by atoms with Gasteiger partial charge in [0.25, 0.3) is 0 Å². The predicted molar refractivity (Wildman–Crippen MR) is 132 cm³/mol. The zero-order valence-electron chi connectivity index (χ0n) is 19.4. The number of halogens is 3. The highest BCUT2D eigenvalue weighted by Gasteiger charge is 2.52. The van der Waals surface area contributed by atoms with Crippen LogP contribution in [0, 0.1) is 0 Å². The molecule has 1 aliphatic carbocycles. The second-order valence-electron chi connectivity index (χ2n) is 9.05. The van der Waals surface area contributed by atoms with E-state index in [1.54, 1.807) is 18.2 Å². The van der Waals surface area contributed by atoms with Crippen LogP contribution in [0.15, 0.2) is 72.5 Å². The van der Waals surface area contributed by atoms with Gasteiger partial charge in [-0.25, -0.2) is 0 Å². The summed E-state index contributed by atoms with van der Waals surface area (Å²) < 4.78 is 70.8. The molecule has 1 aliphatic heterocycles. The highest BCUT2D eigenvalue weighted by molar-refractivity contribution is 7.91. The summed E-state index contributed by atoms with van der Waals surface area (Å²) in [6.07, 6.45) is 5.94. The third-order valence-corrected chi connectivity index (χ3v) is 8.96. The Hall–Kier alpha value is -2.62. The van der Waals surface area contributed by atoms with Crippen LogP contribution in [-0.2, 0) is 10.0 Å². The molecule has 1 atom stereocenters. The first-order chi connectivity index (χ1) is 16.6. The van der Waals surface area contributed by atoms with E-state index in [9.17, 15) is 21.6 Å². The SMILES string of the molecule is NCC1=CC=CC[N+]1(c1ccc(Oc2ccc(C3CCCCC3)cc2)cc1)S(=O)(=O)CC(F)(F)F. The minimum absolute atomic E-state index is 0.170. The zero-order chi connectivity index (χ0) is 25.1. The Bertz CT molecular complexity index is 1180. The van der Waals surface area contributed by atoms with Crippen LogP contribution >= 0.6 is 0 Å². The van der Waals surface area contributed by atoms with E-state index in [2.05, 4.69) is 12.1 Å². The van der Waals surface area contributed by atoms with Crippen molar-refractivity contribution in [3.8, 4) is 11.5 Å². The molecule has 1 saturated carbocycles. The van der Waals surface area contributed by atoms with Crippen molar-refractivity contribution in [3.63, 3.8) is 0 Å². The van der Waals surface area contributed by atoms with Crippen LogP contribution in [-0.4, -0.2) is 33.4 Å². The Kier molecular flexibility index (Phi) is 7.40. The first-order valence-corrected chi connectivity index (χ1v) is 13.4. The van der Waals surface area contributed by atoms with Crippen LogP contribution in [0.25, 0.3) is 0 Å². The summed E-state index contributed by atoms with van der Waals surface area (Å²) in [5.41, 5.74) is 7.43. The first-order valence-electron chi connectivity index (χ1n) is 11.8. The highest BCUT2D eigenvalue weighted by Crippen LogP contribution is 2.39. The third-order valence-electron chi connectivity index (χ3n) is 6.73. The van der Waals surface area contributed by atoms with E-state index in [0.29, 0.717) is 17.4 Å². The van der Waals surface area contributed by atoms with Gasteiger partial charge >= 0.3 is 16.2 Å². The number of nitrogens with zero attached hydrogens (tertiary/aromatic N) is 1. The fourth-order valence-corrected chi connectivity index (χ4v) is 6.90. The van der Waals surface area contributed by atoms with E-state index in [0.717, 1.165) is 0 Å². The summed E-state index contributed by atoms with van der Waals surface area (Å²) >= 11 is 0. The van der Waals surface area contributed by atoms with E-state index in [1.807, 2.05) is 12.1 Å². The maximum absolute atomic E-state index is 13.2. The molecule has 0 aromatic heterocycles. The number of hydrogen-bond acceptors (Lipinski definition) is 4. The number of nitrogens with two attached hydrogens (primary N) is 1. The molecule has 0 spiro atoms. The van der Waals surface area contributed by atoms with Crippen molar-refractivity contribution in [2.24, 2.45) is 5.73 Å². The van der Waals surface area contributed by atoms with Crippen molar-refractivity contribution in [2.45, 2.75) is 44.2 Å². The van der Waals surface area contributed by atoms with Crippen molar-refractivity contribution >= 4 is 15.7 Å². The van der Waals surface area contributed by atoms with Gasteiger partial charge in [0.2, 0.25) is 0 Å². The molecule has 2 aromatic rings. The van der Waals surface area contributed by atoms with Gasteiger partial charge in [0.05, 0.1) is 6.54 Å². The molecule has 0 amide bonds. The number of ether oxygens (including phenoxy) is 1. The highest BCUT2D eigenvalue weighted by atomic mass is 32.2. The molecule has 1 heterocycles. The van der Waals surface area contributed by atoms with E-state index in [4.69, 9.17) is 10.5 Å². The van der Waals surface area contributed by atoms with Crippen LogP contribution in [0.3, 0.4) is 0 Å². The molecule has 0 radical (unpaired) electrons. The third kappa shape index (κ3) is 5.47. The molecule has 5 nitrogen and oxygen atoms in total. The van der Waals surface area contributed by atoms with Gasteiger partial charge in [-0.2, -0.15) is 25.5 Å². The van der Waals surface area contributed by atoms with E-state index >= 15 is 0 Å². The standard InChI is InChI=1S/C26H30F3N2O3S/c27-26(28,29)19-35(32,33)31(17-5-4-8-23(31)18-30)22-11-15-25(16-12-22)34-24-13-9-21(10-14-24)20-6-2-1-3-7-20/h4-5,8-16,20H,1-3,6-7,17-19,30H2/q+1. The number of rotatable bonds is 7. The molecular formula is C26H30F3N2O3S+. The Balaban J connectivity index is 1.59. The van der Waals surface area contributed by atoms with Crippen LogP contribution in [0.4, 0.5) is 18.9 Å². The zero-order valence-corrected chi connectivity index (χ0v) is 20.2. The van der Waals surface area contributed by atoms with E-state index in [-0.39, 0.29) is 24.5 Å². The lowest BCUT2D eigenvalue weighted by Gasteiger charge is -2.38. The van der Waals surface area contributed by atoms with Crippen molar-refractivity contribution in [3.05, 3.63) is 78.0 Å². The average molecular weight is 508 g/mol. The second kappa shape index (κ2) is 10.2. The molecule has 2 N–H and O–H groups in total. The summed E-state index contributed by atoms with van der Waals surface area (Å²) in [7, 11) is -4.73. The molecule has 0 saturated heterocycles. The monoisotopic (exact) mass is 507 g/mol. The van der Waals surface area contributed by atoms with Gasteiger partial charge in [0, 0.05) is 12.1 Å². The summed E-state index contributed by atoms with van der Waals surface area (Å²) in [6.45, 7) is -0.378. The van der Waals surface area contributed by atoms with Crippen LogP contribution in [0.1, 0.15) is 43.6 Å². The number of benzene rings is 2. The number of allylic oxidation sites excluding steroid dienone is 2. The minimum Gasteiger partial charge on any atom is -0.457 e. The van der Waals surface area contributed by atoms with Crippen molar-refractivity contribution < 1.29 is 26.3 Å². The lowest BCUT2D eigenvalue weighted by molar-refractivity contribution is -0.106. The Labute approximate surface area is 204 Å². The van der Waals surface area contributed by atoms with Crippen LogP contribution < -0.4 is 14.4 Å². The molecule has 1 fully saturated rings. The Morgan fingerprint density at radius 1 is 0.943 bits per heavy atom. The maximum atomic E-state index is 13.2. The van der Waals surface area contributed by atoms with Crippen molar-refractivity contribution in [1.29, 1.82) is 0 Å². The first kappa shape index (κ1) is 25.5. The second-order valence-corrected chi connectivity index (χ2v) is 11.1. The summed E-state index contributed by atoms with van der Waals surface area (Å²) in [6, 6.07) is 14.1. The van der Waals surface area contributed by atoms with Crippen LogP contribution in [0.2, 0.25) is 0 Å². The number of quaternary nitrogens is 1. The fourth-order valence-electron chi connectivity index (χ4n) is 5.02. The maximum Gasteiger partial charge on any atom is 0.408 e. The molecule has 188 valence electrons. The van der Waals surface area contributed by atoms with Gasteiger partial charge in [0.15, 0.2) is 11.4 Å². The van der Waals surface area contributed by atoms with Gasteiger partial charge in [-0.3, -0.25) is 0 Å². The topological polar surface area (TPSA) is 69.4 Å². The smallest absolute Gasteiger partial charge is 0.408 e.